The van der Waals surface area contributed by atoms with E-state index in [4.69, 9.17) is 10.5 Å². The SMILES string of the molecule is CC(=O)NC[C@H]1CN(c2ccc(N3CCN(C(=O)c4cnc(N)[nH]4)CC3)c(F)c2)C(=O)O1. The second-order valence-electron chi connectivity index (χ2n) is 7.65. The van der Waals surface area contributed by atoms with Crippen molar-refractivity contribution in [3.63, 3.8) is 0 Å². The lowest BCUT2D eigenvalue weighted by atomic mass is 10.2. The van der Waals surface area contributed by atoms with Gasteiger partial charge in [-0.25, -0.2) is 14.2 Å². The zero-order valence-electron chi connectivity index (χ0n) is 17.5. The Labute approximate surface area is 183 Å². The third-order valence-corrected chi connectivity index (χ3v) is 5.43. The van der Waals surface area contributed by atoms with Crippen molar-refractivity contribution in [2.75, 3.05) is 54.8 Å². The van der Waals surface area contributed by atoms with Crippen molar-refractivity contribution < 1.29 is 23.5 Å². The molecule has 0 aliphatic carbocycles. The number of amides is 3. The van der Waals surface area contributed by atoms with Crippen LogP contribution in [0.2, 0.25) is 0 Å². The Morgan fingerprint density at radius 1 is 1.31 bits per heavy atom. The summed E-state index contributed by atoms with van der Waals surface area (Å²) in [5, 5.41) is 2.60. The summed E-state index contributed by atoms with van der Waals surface area (Å²) in [6, 6.07) is 4.57. The van der Waals surface area contributed by atoms with Gasteiger partial charge < -0.3 is 30.6 Å². The Bertz CT molecular complexity index is 1030. The molecule has 0 unspecified atom stereocenters. The van der Waals surface area contributed by atoms with Crippen molar-refractivity contribution >= 4 is 35.2 Å². The molecule has 2 aliphatic heterocycles. The van der Waals surface area contributed by atoms with E-state index in [0.717, 1.165) is 0 Å². The molecule has 12 heteroatoms. The van der Waals surface area contributed by atoms with E-state index in [9.17, 15) is 18.8 Å². The van der Waals surface area contributed by atoms with Crippen molar-refractivity contribution in [1.82, 2.24) is 20.2 Å². The molecule has 0 saturated carbocycles. The molecule has 4 N–H and O–H groups in total. The minimum Gasteiger partial charge on any atom is -0.442 e. The molecular weight excluding hydrogens is 421 g/mol. The number of imidazole rings is 1. The van der Waals surface area contributed by atoms with Gasteiger partial charge in [-0.15, -0.1) is 0 Å². The predicted octanol–water partition coefficient (Wildman–Crippen LogP) is 0.555. The van der Waals surface area contributed by atoms with Crippen LogP contribution in [0.1, 0.15) is 17.4 Å². The van der Waals surface area contributed by atoms with Gasteiger partial charge in [0.1, 0.15) is 17.6 Å². The molecule has 1 aromatic carbocycles. The highest BCUT2D eigenvalue weighted by Crippen LogP contribution is 2.28. The fourth-order valence-corrected chi connectivity index (χ4v) is 3.78. The molecule has 2 saturated heterocycles. The number of aromatic nitrogens is 2. The molecule has 170 valence electrons. The highest BCUT2D eigenvalue weighted by molar-refractivity contribution is 5.93. The molecule has 32 heavy (non-hydrogen) atoms. The summed E-state index contributed by atoms with van der Waals surface area (Å²) in [4.78, 5) is 47.1. The van der Waals surface area contributed by atoms with Gasteiger partial charge in [-0.1, -0.05) is 0 Å². The summed E-state index contributed by atoms with van der Waals surface area (Å²) in [5.74, 6) is -0.712. The van der Waals surface area contributed by atoms with E-state index in [1.807, 2.05) is 4.90 Å². The van der Waals surface area contributed by atoms with Gasteiger partial charge in [0.05, 0.1) is 30.7 Å². The fourth-order valence-electron chi connectivity index (χ4n) is 3.78. The van der Waals surface area contributed by atoms with Crippen LogP contribution in [0.25, 0.3) is 0 Å². The van der Waals surface area contributed by atoms with Crippen LogP contribution in [0.4, 0.5) is 26.5 Å². The lowest BCUT2D eigenvalue weighted by molar-refractivity contribution is -0.119. The molecule has 2 aliphatic rings. The number of nitrogens with zero attached hydrogens (tertiary/aromatic N) is 4. The first-order chi connectivity index (χ1) is 15.3. The van der Waals surface area contributed by atoms with Gasteiger partial charge in [0.25, 0.3) is 5.91 Å². The Morgan fingerprint density at radius 2 is 2.06 bits per heavy atom. The van der Waals surface area contributed by atoms with E-state index in [1.165, 1.54) is 24.1 Å². The number of H-pyrrole nitrogens is 1. The first kappa shape index (κ1) is 21.4. The van der Waals surface area contributed by atoms with Crippen molar-refractivity contribution in [1.29, 1.82) is 0 Å². The number of ether oxygens (including phenoxy) is 1. The highest BCUT2D eigenvalue weighted by atomic mass is 19.1. The molecule has 2 aromatic rings. The number of carbonyl (C=O) groups is 3. The number of carbonyl (C=O) groups excluding carboxylic acids is 3. The van der Waals surface area contributed by atoms with Crippen molar-refractivity contribution in [2.24, 2.45) is 0 Å². The van der Waals surface area contributed by atoms with Gasteiger partial charge in [0, 0.05) is 33.1 Å². The summed E-state index contributed by atoms with van der Waals surface area (Å²) in [6.07, 6.45) is 0.316. The number of hydrogen-bond acceptors (Lipinski definition) is 7. The number of piperazine rings is 1. The van der Waals surface area contributed by atoms with Gasteiger partial charge in [0.2, 0.25) is 5.91 Å². The monoisotopic (exact) mass is 445 g/mol. The smallest absolute Gasteiger partial charge is 0.414 e. The Hall–Kier alpha value is -3.83. The Balaban J connectivity index is 1.37. The Morgan fingerprint density at radius 3 is 2.69 bits per heavy atom. The number of nitrogen functional groups attached to an aromatic ring is 1. The average Bonchev–Trinajstić information content (AvgIpc) is 3.37. The van der Waals surface area contributed by atoms with E-state index in [1.54, 1.807) is 17.0 Å². The van der Waals surface area contributed by atoms with Crippen LogP contribution < -0.4 is 20.9 Å². The van der Waals surface area contributed by atoms with E-state index < -0.39 is 18.0 Å². The van der Waals surface area contributed by atoms with Gasteiger partial charge in [-0.05, 0) is 18.2 Å². The molecule has 2 fully saturated rings. The number of anilines is 3. The quantitative estimate of drug-likeness (QED) is 0.611. The van der Waals surface area contributed by atoms with E-state index in [2.05, 4.69) is 15.3 Å². The molecule has 11 nitrogen and oxygen atoms in total. The van der Waals surface area contributed by atoms with Gasteiger partial charge >= 0.3 is 6.09 Å². The maximum absolute atomic E-state index is 14.9. The maximum atomic E-state index is 14.9. The lowest BCUT2D eigenvalue weighted by Gasteiger charge is -2.36. The second kappa shape index (κ2) is 8.73. The summed E-state index contributed by atoms with van der Waals surface area (Å²) in [5.41, 5.74) is 6.62. The number of halogens is 1. The third-order valence-electron chi connectivity index (χ3n) is 5.43. The molecule has 1 atom stereocenters. The predicted molar refractivity (Wildman–Crippen MR) is 114 cm³/mol. The first-order valence-electron chi connectivity index (χ1n) is 10.2. The minimum absolute atomic E-state index is 0.178. The summed E-state index contributed by atoms with van der Waals surface area (Å²) < 4.78 is 20.1. The normalized spacial score (nSPS) is 18.6. The van der Waals surface area contributed by atoms with Crippen molar-refractivity contribution in [3.05, 3.63) is 35.9 Å². The van der Waals surface area contributed by atoms with Gasteiger partial charge in [-0.2, -0.15) is 0 Å². The lowest BCUT2D eigenvalue weighted by Crippen LogP contribution is -2.49. The molecule has 1 aromatic heterocycles. The number of hydrogen-bond donors (Lipinski definition) is 3. The zero-order valence-corrected chi connectivity index (χ0v) is 17.5. The number of rotatable bonds is 5. The minimum atomic E-state index is -0.584. The molecule has 0 bridgehead atoms. The van der Waals surface area contributed by atoms with Crippen LogP contribution in [0.3, 0.4) is 0 Å². The standard InChI is InChI=1S/C20H24FN7O4/c1-12(29)23-9-14-11-28(20(31)32-14)13-2-3-17(15(21)8-13)26-4-6-27(7-5-26)18(30)16-10-24-19(22)25-16/h2-3,8,10,14H,4-7,9,11H2,1H3,(H,23,29)(H3,22,24,25)/t14-/m0/s1. The molecule has 0 spiro atoms. The van der Waals surface area contributed by atoms with Gasteiger partial charge in [-0.3, -0.25) is 14.5 Å². The number of benzene rings is 1. The average molecular weight is 445 g/mol. The number of nitrogens with two attached hydrogens (primary N) is 1. The van der Waals surface area contributed by atoms with Crippen LogP contribution >= 0.6 is 0 Å². The van der Waals surface area contributed by atoms with E-state index in [-0.39, 0.29) is 30.9 Å². The number of cyclic esters (lactones) is 1. The van der Waals surface area contributed by atoms with Crippen LogP contribution in [0.15, 0.2) is 24.4 Å². The van der Waals surface area contributed by atoms with E-state index in [0.29, 0.717) is 43.2 Å². The van der Waals surface area contributed by atoms with Crippen LogP contribution in [0.5, 0.6) is 0 Å². The van der Waals surface area contributed by atoms with E-state index >= 15 is 0 Å². The summed E-state index contributed by atoms with van der Waals surface area (Å²) in [6.45, 7) is 3.55. The molecule has 3 amide bonds. The topological polar surface area (TPSA) is 137 Å². The van der Waals surface area contributed by atoms with Crippen molar-refractivity contribution in [3.8, 4) is 0 Å². The fraction of sp³-hybridized carbons (Fsp3) is 0.400. The summed E-state index contributed by atoms with van der Waals surface area (Å²) in [7, 11) is 0. The zero-order chi connectivity index (χ0) is 22.8. The highest BCUT2D eigenvalue weighted by Gasteiger charge is 2.33. The third kappa shape index (κ3) is 4.43. The van der Waals surface area contributed by atoms with Crippen LogP contribution in [-0.2, 0) is 9.53 Å². The molecule has 4 rings (SSSR count). The number of nitrogens with one attached hydrogen (secondary N) is 2. The molecule has 3 heterocycles. The molecular formula is C20H24FN7O4. The molecule has 0 radical (unpaired) electrons. The van der Waals surface area contributed by atoms with Crippen LogP contribution in [-0.4, -0.2) is 78.1 Å². The number of aromatic amines is 1. The first-order valence-corrected chi connectivity index (χ1v) is 10.2. The van der Waals surface area contributed by atoms with Crippen LogP contribution in [0, 0.1) is 5.82 Å². The summed E-state index contributed by atoms with van der Waals surface area (Å²) >= 11 is 0. The largest absolute Gasteiger partial charge is 0.442 e. The van der Waals surface area contributed by atoms with Crippen molar-refractivity contribution in [2.45, 2.75) is 13.0 Å². The maximum Gasteiger partial charge on any atom is 0.414 e. The van der Waals surface area contributed by atoms with Gasteiger partial charge in [0.15, 0.2) is 5.95 Å². The Kier molecular flexibility index (Phi) is 5.84. The second-order valence-corrected chi connectivity index (χ2v) is 7.65.